The number of halogens is 6. The van der Waals surface area contributed by atoms with Gasteiger partial charge in [-0.25, -0.2) is 0 Å². The fourth-order valence-electron chi connectivity index (χ4n) is 5.39. The lowest BCUT2D eigenvalue weighted by Gasteiger charge is -2.28. The maximum atomic E-state index is 13.6. The van der Waals surface area contributed by atoms with E-state index in [0.717, 1.165) is 11.1 Å². The zero-order chi connectivity index (χ0) is 26.6. The number of hydrogen-bond donors (Lipinski definition) is 1. The molecule has 0 bridgehead atoms. The molecule has 1 aliphatic carbocycles. The van der Waals surface area contributed by atoms with Gasteiger partial charge in [-0.2, -0.15) is 26.3 Å². The Hall–Kier alpha value is -3.08. The van der Waals surface area contributed by atoms with E-state index >= 15 is 0 Å². The zero-order valence-electron chi connectivity index (χ0n) is 19.7. The molecule has 2 aromatic rings. The van der Waals surface area contributed by atoms with E-state index in [1.807, 2.05) is 32.0 Å². The van der Waals surface area contributed by atoms with Crippen LogP contribution >= 0.6 is 0 Å². The van der Waals surface area contributed by atoms with Crippen LogP contribution in [0.15, 0.2) is 36.4 Å². The number of aryl methyl sites for hydroxylation is 2. The van der Waals surface area contributed by atoms with Crippen LogP contribution in [0.25, 0.3) is 0 Å². The third-order valence-corrected chi connectivity index (χ3v) is 7.10. The molecule has 1 aliphatic heterocycles. The monoisotopic (exact) mass is 514 g/mol. The fourth-order valence-corrected chi connectivity index (χ4v) is 5.39. The first kappa shape index (κ1) is 26.0. The first-order chi connectivity index (χ1) is 16.7. The van der Waals surface area contributed by atoms with Crippen molar-refractivity contribution in [2.75, 3.05) is 23.9 Å². The lowest BCUT2D eigenvalue weighted by molar-refractivity contribution is -0.143. The molecule has 1 saturated heterocycles. The second kappa shape index (κ2) is 8.79. The van der Waals surface area contributed by atoms with Crippen LogP contribution in [0.4, 0.5) is 37.7 Å². The summed E-state index contributed by atoms with van der Waals surface area (Å²) in [6, 6.07) is 6.37. The minimum absolute atomic E-state index is 0.00491. The summed E-state index contributed by atoms with van der Waals surface area (Å²) in [5.74, 6) is -1.99. The summed E-state index contributed by atoms with van der Waals surface area (Å²) < 4.78 is 85.2. The van der Waals surface area contributed by atoms with Crippen LogP contribution in [-0.4, -0.2) is 31.6 Å². The van der Waals surface area contributed by atoms with Crippen LogP contribution in [0, 0.1) is 25.2 Å². The number of anilines is 2. The number of alkyl halides is 6. The quantitative estimate of drug-likeness (QED) is 0.530. The third-order valence-electron chi connectivity index (χ3n) is 7.10. The van der Waals surface area contributed by atoms with E-state index in [1.165, 1.54) is 12.0 Å². The van der Waals surface area contributed by atoms with Crippen LogP contribution in [0.1, 0.15) is 35.1 Å². The Morgan fingerprint density at radius 3 is 2.08 bits per heavy atom. The predicted molar refractivity (Wildman–Crippen MR) is 119 cm³/mol. The SMILES string of the molecule is COC1CC2C(=O)N(c3c(C)cccc3C)CC2(C(=O)Nc2cc(C(F)(F)F)cc(C(F)(F)F)c2)C1. The van der Waals surface area contributed by atoms with E-state index in [9.17, 15) is 35.9 Å². The number of carbonyl (C=O) groups excluding carboxylic acids is 2. The van der Waals surface area contributed by atoms with Gasteiger partial charge in [0.2, 0.25) is 11.8 Å². The van der Waals surface area contributed by atoms with Crippen molar-refractivity contribution < 1.29 is 40.7 Å². The Morgan fingerprint density at radius 1 is 1.03 bits per heavy atom. The molecule has 11 heteroatoms. The largest absolute Gasteiger partial charge is 0.416 e. The van der Waals surface area contributed by atoms with Crippen molar-refractivity contribution in [3.63, 3.8) is 0 Å². The van der Waals surface area contributed by atoms with Crippen molar-refractivity contribution in [2.45, 2.75) is 45.1 Å². The van der Waals surface area contributed by atoms with Crippen molar-refractivity contribution in [1.29, 1.82) is 0 Å². The predicted octanol–water partition coefficient (Wildman–Crippen LogP) is 5.74. The molecule has 2 amide bonds. The number of nitrogens with one attached hydrogen (secondary N) is 1. The van der Waals surface area contributed by atoms with Gasteiger partial charge in [-0.3, -0.25) is 9.59 Å². The van der Waals surface area contributed by atoms with E-state index < -0.39 is 52.5 Å². The van der Waals surface area contributed by atoms with Gasteiger partial charge >= 0.3 is 12.4 Å². The number of methoxy groups -OCH3 is 1. The topological polar surface area (TPSA) is 58.6 Å². The van der Waals surface area contributed by atoms with Gasteiger partial charge in [0, 0.05) is 25.0 Å². The maximum absolute atomic E-state index is 13.6. The standard InChI is InChI=1S/C25H24F6N2O3/c1-13-5-4-6-14(2)20(13)33-12-23(11-18(36-3)10-19(23)21(33)34)22(35)32-17-8-15(24(26,27)28)7-16(9-17)25(29,30)31/h4-9,18-19H,10-12H2,1-3H3,(H,32,35). The molecule has 2 aromatic carbocycles. The minimum Gasteiger partial charge on any atom is -0.381 e. The summed E-state index contributed by atoms with van der Waals surface area (Å²) in [5, 5.41) is 2.26. The lowest BCUT2D eigenvalue weighted by atomic mass is 9.79. The van der Waals surface area contributed by atoms with Crippen LogP contribution in [0.3, 0.4) is 0 Å². The Morgan fingerprint density at radius 2 is 1.58 bits per heavy atom. The number of benzene rings is 2. The molecule has 0 radical (unpaired) electrons. The van der Waals surface area contributed by atoms with E-state index in [0.29, 0.717) is 17.8 Å². The number of hydrogen-bond acceptors (Lipinski definition) is 3. The van der Waals surface area contributed by atoms with Crippen molar-refractivity contribution in [3.8, 4) is 0 Å². The molecule has 2 fully saturated rings. The average Bonchev–Trinajstić information content (AvgIpc) is 3.28. The van der Waals surface area contributed by atoms with E-state index in [-0.39, 0.29) is 31.4 Å². The Labute approximate surface area is 203 Å². The summed E-state index contributed by atoms with van der Waals surface area (Å²) >= 11 is 0. The molecule has 3 atom stereocenters. The summed E-state index contributed by atoms with van der Waals surface area (Å²) in [7, 11) is 1.42. The van der Waals surface area contributed by atoms with Gasteiger partial charge in [0.25, 0.3) is 0 Å². The fraction of sp³-hybridized carbons (Fsp3) is 0.440. The van der Waals surface area contributed by atoms with Gasteiger partial charge in [-0.1, -0.05) is 18.2 Å². The second-order valence-corrected chi connectivity index (χ2v) is 9.42. The Kier molecular flexibility index (Phi) is 6.35. The van der Waals surface area contributed by atoms with Gasteiger partial charge in [0.05, 0.1) is 28.6 Å². The zero-order valence-corrected chi connectivity index (χ0v) is 19.7. The summed E-state index contributed by atoms with van der Waals surface area (Å²) in [6.45, 7) is 3.56. The Bertz CT molecular complexity index is 1160. The van der Waals surface area contributed by atoms with Gasteiger partial charge in [0.1, 0.15) is 0 Å². The molecular formula is C25H24F6N2O3. The van der Waals surface area contributed by atoms with Crippen LogP contribution in [-0.2, 0) is 26.7 Å². The highest BCUT2D eigenvalue weighted by Gasteiger charge is 2.62. The number of fused-ring (bicyclic) bond motifs is 1. The smallest absolute Gasteiger partial charge is 0.381 e. The average molecular weight is 514 g/mol. The number of ether oxygens (including phenoxy) is 1. The first-order valence-corrected chi connectivity index (χ1v) is 11.2. The minimum atomic E-state index is -5.06. The third kappa shape index (κ3) is 4.44. The summed E-state index contributed by atoms with van der Waals surface area (Å²) in [4.78, 5) is 28.6. The number of rotatable bonds is 4. The molecule has 1 saturated carbocycles. The number of carbonyl (C=O) groups is 2. The van der Waals surface area contributed by atoms with Gasteiger partial charge in [-0.05, 0) is 56.0 Å². The number of amides is 2. The highest BCUT2D eigenvalue weighted by atomic mass is 19.4. The normalized spacial score (nSPS) is 24.2. The molecule has 3 unspecified atom stereocenters. The van der Waals surface area contributed by atoms with Crippen LogP contribution in [0.5, 0.6) is 0 Å². The Balaban J connectivity index is 1.74. The van der Waals surface area contributed by atoms with Crippen molar-refractivity contribution in [1.82, 2.24) is 0 Å². The molecule has 194 valence electrons. The molecule has 2 aliphatic rings. The van der Waals surface area contributed by atoms with Gasteiger partial charge < -0.3 is 15.0 Å². The second-order valence-electron chi connectivity index (χ2n) is 9.42. The molecule has 1 heterocycles. The summed E-state index contributed by atoms with van der Waals surface area (Å²) in [6.07, 6.45) is -10.3. The first-order valence-electron chi connectivity index (χ1n) is 11.2. The van der Waals surface area contributed by atoms with E-state index in [4.69, 9.17) is 4.74 Å². The molecule has 1 N–H and O–H groups in total. The van der Waals surface area contributed by atoms with Crippen molar-refractivity contribution in [2.24, 2.45) is 11.3 Å². The summed E-state index contributed by atoms with van der Waals surface area (Å²) in [5.41, 5.74) is -2.88. The van der Waals surface area contributed by atoms with Gasteiger partial charge in [0.15, 0.2) is 0 Å². The molecule has 0 aromatic heterocycles. The van der Waals surface area contributed by atoms with E-state index in [1.54, 1.807) is 0 Å². The lowest BCUT2D eigenvalue weighted by Crippen LogP contribution is -2.41. The molecular weight excluding hydrogens is 490 g/mol. The molecule has 36 heavy (non-hydrogen) atoms. The molecule has 0 spiro atoms. The van der Waals surface area contributed by atoms with Crippen molar-refractivity contribution >= 4 is 23.2 Å². The molecule has 4 rings (SSSR count). The van der Waals surface area contributed by atoms with Gasteiger partial charge in [-0.15, -0.1) is 0 Å². The number of nitrogens with zero attached hydrogens (tertiary/aromatic N) is 1. The maximum Gasteiger partial charge on any atom is 0.416 e. The van der Waals surface area contributed by atoms with E-state index in [2.05, 4.69) is 5.32 Å². The van der Waals surface area contributed by atoms with Crippen LogP contribution < -0.4 is 10.2 Å². The molecule has 5 nitrogen and oxygen atoms in total. The highest BCUT2D eigenvalue weighted by molar-refractivity contribution is 6.08. The van der Waals surface area contributed by atoms with Crippen LogP contribution in [0.2, 0.25) is 0 Å². The van der Waals surface area contributed by atoms with Crippen molar-refractivity contribution in [3.05, 3.63) is 58.7 Å². The highest BCUT2D eigenvalue weighted by Crippen LogP contribution is 2.52. The number of para-hydroxylation sites is 1.